The molecule has 23 heavy (non-hydrogen) atoms. The van der Waals surface area contributed by atoms with Crippen molar-refractivity contribution in [2.45, 2.75) is 11.0 Å². The molecule has 0 aliphatic rings. The monoisotopic (exact) mass is 339 g/mol. The van der Waals surface area contributed by atoms with Crippen LogP contribution in [0.5, 0.6) is 5.75 Å². The van der Waals surface area contributed by atoms with Crippen molar-refractivity contribution in [2.75, 3.05) is 20.8 Å². The van der Waals surface area contributed by atoms with Gasteiger partial charge in [0.1, 0.15) is 16.5 Å². The molecule has 0 heterocycles. The molecule has 0 bridgehead atoms. The molecule has 0 aliphatic heterocycles. The minimum absolute atomic E-state index is 0.0274. The molecule has 2 aromatic carbocycles. The first kappa shape index (κ1) is 17.4. The average molecular weight is 339 g/mol. The molecule has 0 aliphatic carbocycles. The van der Waals surface area contributed by atoms with E-state index in [2.05, 4.69) is 4.72 Å². The van der Waals surface area contributed by atoms with Gasteiger partial charge < -0.3 is 9.47 Å². The fraction of sp³-hybridized carbons (Fsp3) is 0.250. The van der Waals surface area contributed by atoms with Crippen molar-refractivity contribution in [3.63, 3.8) is 0 Å². The summed E-state index contributed by atoms with van der Waals surface area (Å²) in [4.78, 5) is -0.388. The lowest BCUT2D eigenvalue weighted by Crippen LogP contribution is -2.29. The van der Waals surface area contributed by atoms with Crippen LogP contribution in [-0.4, -0.2) is 29.2 Å². The fourth-order valence-electron chi connectivity index (χ4n) is 2.10. The normalized spacial score (nSPS) is 12.8. The van der Waals surface area contributed by atoms with E-state index in [1.807, 2.05) is 0 Å². The second-order valence-corrected chi connectivity index (χ2v) is 6.52. The fourth-order valence-corrected chi connectivity index (χ4v) is 3.21. The zero-order valence-corrected chi connectivity index (χ0v) is 13.6. The van der Waals surface area contributed by atoms with E-state index in [4.69, 9.17) is 9.47 Å². The highest BCUT2D eigenvalue weighted by atomic mass is 32.2. The van der Waals surface area contributed by atoms with Gasteiger partial charge in [-0.2, -0.15) is 0 Å². The molecule has 0 amide bonds. The lowest BCUT2D eigenvalue weighted by Gasteiger charge is -2.17. The summed E-state index contributed by atoms with van der Waals surface area (Å²) in [5.41, 5.74) is 0.753. The summed E-state index contributed by atoms with van der Waals surface area (Å²) in [7, 11) is -0.939. The molecular weight excluding hydrogens is 321 g/mol. The summed E-state index contributed by atoms with van der Waals surface area (Å²) in [6.45, 7) is -0.0274. The number of rotatable bonds is 7. The quantitative estimate of drug-likeness (QED) is 0.842. The SMILES string of the molecule is COc1cccc([C@H](CNS(=O)(=O)c2ccccc2F)OC)c1. The summed E-state index contributed by atoms with van der Waals surface area (Å²) in [6.07, 6.45) is -0.522. The van der Waals surface area contributed by atoms with Gasteiger partial charge in [-0.3, -0.25) is 0 Å². The lowest BCUT2D eigenvalue weighted by atomic mass is 10.1. The van der Waals surface area contributed by atoms with Crippen LogP contribution >= 0.6 is 0 Å². The number of methoxy groups -OCH3 is 2. The Balaban J connectivity index is 2.15. The molecule has 0 saturated carbocycles. The van der Waals surface area contributed by atoms with E-state index < -0.39 is 21.9 Å². The van der Waals surface area contributed by atoms with Gasteiger partial charge in [0.15, 0.2) is 0 Å². The molecule has 0 aromatic heterocycles. The number of benzene rings is 2. The second kappa shape index (κ2) is 7.54. The van der Waals surface area contributed by atoms with Gasteiger partial charge in [0.2, 0.25) is 10.0 Å². The van der Waals surface area contributed by atoms with Crippen molar-refractivity contribution in [1.29, 1.82) is 0 Å². The van der Waals surface area contributed by atoms with Crippen LogP contribution < -0.4 is 9.46 Å². The summed E-state index contributed by atoms with van der Waals surface area (Å²) in [5.74, 6) is -0.156. The minimum Gasteiger partial charge on any atom is -0.497 e. The second-order valence-electron chi connectivity index (χ2n) is 4.78. The molecule has 2 rings (SSSR count). The largest absolute Gasteiger partial charge is 0.497 e. The van der Waals surface area contributed by atoms with E-state index in [0.717, 1.165) is 11.6 Å². The summed E-state index contributed by atoms with van der Waals surface area (Å²) in [6, 6.07) is 12.3. The molecule has 7 heteroatoms. The molecule has 1 N–H and O–H groups in total. The zero-order valence-electron chi connectivity index (χ0n) is 12.8. The number of sulfonamides is 1. The van der Waals surface area contributed by atoms with Crippen LogP contribution in [0.1, 0.15) is 11.7 Å². The number of halogens is 1. The highest BCUT2D eigenvalue weighted by Crippen LogP contribution is 2.22. The number of ether oxygens (including phenoxy) is 2. The zero-order chi connectivity index (χ0) is 16.9. The van der Waals surface area contributed by atoms with Crippen molar-refractivity contribution in [2.24, 2.45) is 0 Å². The van der Waals surface area contributed by atoms with Crippen LogP contribution in [-0.2, 0) is 14.8 Å². The molecule has 0 spiro atoms. The van der Waals surface area contributed by atoms with Crippen LogP contribution in [0.15, 0.2) is 53.4 Å². The Morgan fingerprint density at radius 2 is 1.87 bits per heavy atom. The number of hydrogen-bond donors (Lipinski definition) is 1. The Hall–Kier alpha value is -1.96. The van der Waals surface area contributed by atoms with Gasteiger partial charge in [0, 0.05) is 13.7 Å². The number of nitrogens with one attached hydrogen (secondary N) is 1. The smallest absolute Gasteiger partial charge is 0.243 e. The molecule has 2 aromatic rings. The summed E-state index contributed by atoms with van der Waals surface area (Å²) < 4.78 is 50.9. The maximum Gasteiger partial charge on any atom is 0.243 e. The minimum atomic E-state index is -3.96. The average Bonchev–Trinajstić information content (AvgIpc) is 2.56. The first-order valence-corrected chi connectivity index (χ1v) is 8.37. The Morgan fingerprint density at radius 1 is 1.13 bits per heavy atom. The Bertz CT molecular complexity index is 764. The maximum absolute atomic E-state index is 13.6. The first-order chi connectivity index (χ1) is 11.0. The Labute approximate surface area is 135 Å². The molecule has 0 radical (unpaired) electrons. The van der Waals surface area contributed by atoms with Crippen LogP contribution in [0.3, 0.4) is 0 Å². The standard InChI is InChI=1S/C16H18FNO4S/c1-21-13-7-5-6-12(10-13)15(22-2)11-18-23(19,20)16-9-4-3-8-14(16)17/h3-10,15,18H,11H2,1-2H3/t15-/m0/s1. The van der Waals surface area contributed by atoms with Gasteiger partial charge in [-0.15, -0.1) is 0 Å². The molecular formula is C16H18FNO4S. The molecule has 124 valence electrons. The van der Waals surface area contributed by atoms with Crippen LogP contribution in [0.4, 0.5) is 4.39 Å². The van der Waals surface area contributed by atoms with Gasteiger partial charge in [-0.05, 0) is 29.8 Å². The van der Waals surface area contributed by atoms with Gasteiger partial charge >= 0.3 is 0 Å². The van der Waals surface area contributed by atoms with Crippen molar-refractivity contribution < 1.29 is 22.3 Å². The molecule has 0 fully saturated rings. The molecule has 1 atom stereocenters. The molecule has 0 saturated heterocycles. The van der Waals surface area contributed by atoms with Crippen molar-refractivity contribution in [3.8, 4) is 5.75 Å². The van der Waals surface area contributed by atoms with Crippen LogP contribution in [0, 0.1) is 5.82 Å². The van der Waals surface area contributed by atoms with Gasteiger partial charge in [-0.1, -0.05) is 24.3 Å². The predicted molar refractivity (Wildman–Crippen MR) is 84.3 cm³/mol. The summed E-state index contributed by atoms with van der Waals surface area (Å²) >= 11 is 0. The Kier molecular flexibility index (Phi) is 5.70. The molecule has 0 unspecified atom stereocenters. The first-order valence-electron chi connectivity index (χ1n) is 6.89. The molecule has 5 nitrogen and oxygen atoms in total. The van der Waals surface area contributed by atoms with Crippen LogP contribution in [0.25, 0.3) is 0 Å². The van der Waals surface area contributed by atoms with Gasteiger partial charge in [-0.25, -0.2) is 17.5 Å². The van der Waals surface area contributed by atoms with Gasteiger partial charge in [0.05, 0.1) is 13.2 Å². The highest BCUT2D eigenvalue weighted by Gasteiger charge is 2.21. The lowest BCUT2D eigenvalue weighted by molar-refractivity contribution is 0.107. The topological polar surface area (TPSA) is 64.6 Å². The maximum atomic E-state index is 13.6. The van der Waals surface area contributed by atoms with Crippen molar-refractivity contribution in [3.05, 3.63) is 59.9 Å². The highest BCUT2D eigenvalue weighted by molar-refractivity contribution is 7.89. The third-order valence-corrected chi connectivity index (χ3v) is 4.79. The van der Waals surface area contributed by atoms with E-state index in [-0.39, 0.29) is 11.4 Å². The van der Waals surface area contributed by atoms with E-state index in [0.29, 0.717) is 5.75 Å². The van der Waals surface area contributed by atoms with E-state index >= 15 is 0 Å². The van der Waals surface area contributed by atoms with Crippen molar-refractivity contribution in [1.82, 2.24) is 4.72 Å². The van der Waals surface area contributed by atoms with E-state index in [1.54, 1.807) is 31.4 Å². The van der Waals surface area contributed by atoms with Crippen molar-refractivity contribution >= 4 is 10.0 Å². The van der Waals surface area contributed by atoms with E-state index in [1.165, 1.54) is 25.3 Å². The Morgan fingerprint density at radius 3 is 2.52 bits per heavy atom. The third-order valence-electron chi connectivity index (χ3n) is 3.34. The number of hydrogen-bond acceptors (Lipinski definition) is 4. The van der Waals surface area contributed by atoms with Gasteiger partial charge in [0.25, 0.3) is 0 Å². The van der Waals surface area contributed by atoms with E-state index in [9.17, 15) is 12.8 Å². The van der Waals surface area contributed by atoms with Crippen LogP contribution in [0.2, 0.25) is 0 Å². The third kappa shape index (κ3) is 4.28. The summed E-state index contributed by atoms with van der Waals surface area (Å²) in [5, 5.41) is 0. The predicted octanol–water partition coefficient (Wildman–Crippen LogP) is 2.50.